The normalized spacial score (nSPS) is 11.1. The number of benzene rings is 2. The molecule has 0 aromatic heterocycles. The second kappa shape index (κ2) is 9.30. The molecule has 2 aromatic carbocycles. The number of nitrogens with zero attached hydrogens (tertiary/aromatic N) is 1. The van der Waals surface area contributed by atoms with E-state index in [-0.39, 0.29) is 12.1 Å². The molecule has 0 heterocycles. The first-order chi connectivity index (χ1) is 12.8. The average molecular weight is 380 g/mol. The molecule has 0 spiro atoms. The van der Waals surface area contributed by atoms with Gasteiger partial charge in [-0.15, -0.1) is 0 Å². The monoisotopic (exact) mass is 380 g/mol. The van der Waals surface area contributed by atoms with Gasteiger partial charge < -0.3 is 15.0 Å². The fourth-order valence-electron chi connectivity index (χ4n) is 2.56. The van der Waals surface area contributed by atoms with Crippen LogP contribution >= 0.6 is 0 Å². The van der Waals surface area contributed by atoms with Gasteiger partial charge in [0.15, 0.2) is 0 Å². The minimum Gasteiger partial charge on any atom is -0.494 e. The number of rotatable bonds is 7. The third kappa shape index (κ3) is 6.51. The summed E-state index contributed by atoms with van der Waals surface area (Å²) in [6.07, 6.45) is -3.85. The molecule has 0 atom stereocenters. The van der Waals surface area contributed by atoms with Crippen molar-refractivity contribution >= 4 is 6.03 Å². The predicted octanol–water partition coefficient (Wildman–Crippen LogP) is 4.62. The summed E-state index contributed by atoms with van der Waals surface area (Å²) in [6.45, 7) is 2.65. The Labute approximate surface area is 156 Å². The lowest BCUT2D eigenvalue weighted by atomic mass is 10.1. The van der Waals surface area contributed by atoms with E-state index >= 15 is 0 Å². The van der Waals surface area contributed by atoms with E-state index in [2.05, 4.69) is 5.32 Å². The lowest BCUT2D eigenvalue weighted by molar-refractivity contribution is -0.138. The third-order valence-corrected chi connectivity index (χ3v) is 3.93. The molecule has 1 N–H and O–H groups in total. The fraction of sp³-hybridized carbons (Fsp3) is 0.350. The van der Waals surface area contributed by atoms with Crippen LogP contribution in [0.2, 0.25) is 0 Å². The van der Waals surface area contributed by atoms with E-state index in [0.717, 1.165) is 17.4 Å². The Balaban J connectivity index is 1.76. The van der Waals surface area contributed by atoms with Crippen LogP contribution < -0.4 is 10.1 Å². The number of halogens is 3. The first-order valence-electron chi connectivity index (χ1n) is 8.61. The van der Waals surface area contributed by atoms with Crippen LogP contribution in [0, 0.1) is 6.92 Å². The molecular weight excluding hydrogens is 357 g/mol. The van der Waals surface area contributed by atoms with Gasteiger partial charge in [-0.1, -0.05) is 30.3 Å². The van der Waals surface area contributed by atoms with Crippen LogP contribution in [0.15, 0.2) is 48.5 Å². The Bertz CT molecular complexity index is 763. The molecular formula is C20H23F3N2O2. The molecule has 7 heteroatoms. The van der Waals surface area contributed by atoms with E-state index in [0.29, 0.717) is 19.6 Å². The molecule has 27 heavy (non-hydrogen) atoms. The Hall–Kier alpha value is -2.70. The number of hydrogen-bond donors (Lipinski definition) is 1. The van der Waals surface area contributed by atoms with Gasteiger partial charge in [0.05, 0.1) is 12.2 Å². The van der Waals surface area contributed by atoms with Crippen LogP contribution in [0.4, 0.5) is 18.0 Å². The molecule has 146 valence electrons. The number of aryl methyl sites for hydroxylation is 1. The van der Waals surface area contributed by atoms with Crippen molar-refractivity contribution < 1.29 is 22.7 Å². The van der Waals surface area contributed by atoms with Crippen LogP contribution in [0.25, 0.3) is 0 Å². The molecule has 0 saturated carbocycles. The van der Waals surface area contributed by atoms with Crippen molar-refractivity contribution in [2.45, 2.75) is 26.1 Å². The summed E-state index contributed by atoms with van der Waals surface area (Å²) in [4.78, 5) is 13.3. The Morgan fingerprint density at radius 1 is 1.15 bits per heavy atom. The van der Waals surface area contributed by atoms with Gasteiger partial charge in [0, 0.05) is 20.1 Å². The average Bonchev–Trinajstić information content (AvgIpc) is 2.61. The van der Waals surface area contributed by atoms with Crippen LogP contribution in [0.3, 0.4) is 0 Å². The van der Waals surface area contributed by atoms with Crippen molar-refractivity contribution in [2.75, 3.05) is 20.2 Å². The highest BCUT2D eigenvalue weighted by molar-refractivity contribution is 5.73. The number of nitrogens with one attached hydrogen (secondary N) is 1. The fourth-order valence-corrected chi connectivity index (χ4v) is 2.56. The topological polar surface area (TPSA) is 41.6 Å². The summed E-state index contributed by atoms with van der Waals surface area (Å²) in [7, 11) is 1.46. The van der Waals surface area contributed by atoms with E-state index in [9.17, 15) is 18.0 Å². The Kier molecular flexibility index (Phi) is 7.10. The zero-order valence-corrected chi connectivity index (χ0v) is 15.3. The first-order valence-corrected chi connectivity index (χ1v) is 8.61. The van der Waals surface area contributed by atoms with Gasteiger partial charge in [0.25, 0.3) is 0 Å². The van der Waals surface area contributed by atoms with Crippen molar-refractivity contribution in [3.8, 4) is 5.75 Å². The maximum Gasteiger partial charge on any atom is 0.416 e. The number of carbonyl (C=O) groups excluding carboxylic acids is 1. The van der Waals surface area contributed by atoms with Gasteiger partial charge in [-0.05, 0) is 42.7 Å². The maximum atomic E-state index is 13.0. The largest absolute Gasteiger partial charge is 0.494 e. The molecule has 0 aliphatic carbocycles. The van der Waals surface area contributed by atoms with Crippen molar-refractivity contribution in [3.63, 3.8) is 0 Å². The first kappa shape index (κ1) is 20.6. The van der Waals surface area contributed by atoms with Crippen LogP contribution in [-0.2, 0) is 12.7 Å². The van der Waals surface area contributed by atoms with Crippen LogP contribution in [-0.4, -0.2) is 31.1 Å². The molecule has 2 rings (SSSR count). The number of urea groups is 1. The number of hydrogen-bond acceptors (Lipinski definition) is 2. The van der Waals surface area contributed by atoms with Crippen molar-refractivity contribution in [3.05, 3.63) is 65.2 Å². The van der Waals surface area contributed by atoms with Crippen LogP contribution in [0.1, 0.15) is 23.1 Å². The van der Waals surface area contributed by atoms with E-state index in [1.165, 1.54) is 30.1 Å². The van der Waals surface area contributed by atoms with Crippen molar-refractivity contribution in [1.82, 2.24) is 10.2 Å². The zero-order chi connectivity index (χ0) is 19.9. The van der Waals surface area contributed by atoms with Crippen LogP contribution in [0.5, 0.6) is 5.75 Å². The predicted molar refractivity (Wildman–Crippen MR) is 97.6 cm³/mol. The molecule has 0 bridgehead atoms. The molecule has 0 aliphatic rings. The molecule has 0 aliphatic heterocycles. The van der Waals surface area contributed by atoms with E-state index < -0.39 is 17.8 Å². The quantitative estimate of drug-likeness (QED) is 0.712. The minimum atomic E-state index is -4.44. The lowest BCUT2D eigenvalue weighted by Crippen LogP contribution is -2.38. The van der Waals surface area contributed by atoms with Gasteiger partial charge in [0.1, 0.15) is 5.75 Å². The summed E-state index contributed by atoms with van der Waals surface area (Å²) in [5.74, 6) is 0.766. The highest BCUT2D eigenvalue weighted by atomic mass is 19.4. The second-order valence-electron chi connectivity index (χ2n) is 6.26. The number of amides is 2. The molecule has 4 nitrogen and oxygen atoms in total. The Morgan fingerprint density at radius 2 is 1.89 bits per heavy atom. The summed E-state index contributed by atoms with van der Waals surface area (Å²) >= 11 is 0. The van der Waals surface area contributed by atoms with Gasteiger partial charge in [-0.2, -0.15) is 13.2 Å². The molecule has 0 saturated heterocycles. The summed E-state index contributed by atoms with van der Waals surface area (Å²) < 4.78 is 44.6. The molecule has 0 unspecified atom stereocenters. The summed E-state index contributed by atoms with van der Waals surface area (Å²) in [5.41, 5.74) is 0.434. The smallest absolute Gasteiger partial charge is 0.416 e. The zero-order valence-electron chi connectivity index (χ0n) is 15.3. The number of ether oxygens (including phenoxy) is 1. The van der Waals surface area contributed by atoms with Gasteiger partial charge in [0.2, 0.25) is 0 Å². The lowest BCUT2D eigenvalue weighted by Gasteiger charge is -2.20. The standard InChI is InChI=1S/C20H23F3N2O2/c1-15-7-5-9-17(13-15)27-12-6-11-24-19(26)25(2)14-16-8-3-4-10-18(16)20(21,22)23/h3-5,7-10,13H,6,11-12,14H2,1-2H3,(H,24,26). The highest BCUT2D eigenvalue weighted by Gasteiger charge is 2.33. The van der Waals surface area contributed by atoms with E-state index in [4.69, 9.17) is 4.74 Å². The third-order valence-electron chi connectivity index (χ3n) is 3.93. The number of alkyl halides is 3. The van der Waals surface area contributed by atoms with Gasteiger partial charge >= 0.3 is 12.2 Å². The van der Waals surface area contributed by atoms with Gasteiger partial charge in [-0.25, -0.2) is 4.79 Å². The minimum absolute atomic E-state index is 0.0606. The second-order valence-corrected chi connectivity index (χ2v) is 6.26. The maximum absolute atomic E-state index is 13.0. The summed E-state index contributed by atoms with van der Waals surface area (Å²) in [5, 5.41) is 2.68. The van der Waals surface area contributed by atoms with Crippen molar-refractivity contribution in [1.29, 1.82) is 0 Å². The molecule has 2 aromatic rings. The SMILES string of the molecule is Cc1cccc(OCCCNC(=O)N(C)Cc2ccccc2C(F)(F)F)c1. The Morgan fingerprint density at radius 3 is 2.59 bits per heavy atom. The van der Waals surface area contributed by atoms with Crippen molar-refractivity contribution in [2.24, 2.45) is 0 Å². The van der Waals surface area contributed by atoms with E-state index in [1.807, 2.05) is 31.2 Å². The molecule has 2 amide bonds. The summed E-state index contributed by atoms with van der Waals surface area (Å²) in [6, 6.07) is 12.5. The molecule has 0 fully saturated rings. The highest BCUT2D eigenvalue weighted by Crippen LogP contribution is 2.32. The molecule has 0 radical (unpaired) electrons. The van der Waals surface area contributed by atoms with E-state index in [1.54, 1.807) is 0 Å². The van der Waals surface area contributed by atoms with Gasteiger partial charge in [-0.3, -0.25) is 0 Å². The number of carbonyl (C=O) groups is 1.